The van der Waals surface area contributed by atoms with Crippen LogP contribution in [0.2, 0.25) is 0 Å². The average molecular weight is 260 g/mol. The highest BCUT2D eigenvalue weighted by Gasteiger charge is 2.17. The Kier molecular flexibility index (Phi) is 5.75. The van der Waals surface area contributed by atoms with Crippen molar-refractivity contribution in [2.24, 2.45) is 5.92 Å². The van der Waals surface area contributed by atoms with E-state index in [-0.39, 0.29) is 6.04 Å². The predicted octanol–water partition coefficient (Wildman–Crippen LogP) is 3.32. The second-order valence-corrected chi connectivity index (χ2v) is 4.99. The van der Waals surface area contributed by atoms with Gasteiger partial charge in [-0.3, -0.25) is 0 Å². The molecule has 2 atom stereocenters. The number of hydrogen-bond donors (Lipinski definition) is 1. The minimum atomic E-state index is 0.281. The molecule has 0 aliphatic heterocycles. The van der Waals surface area contributed by atoms with Crippen LogP contribution in [-0.4, -0.2) is 16.2 Å². The van der Waals surface area contributed by atoms with Gasteiger partial charge >= 0.3 is 0 Å². The lowest BCUT2D eigenvalue weighted by Crippen LogP contribution is -2.25. The zero-order valence-electron chi connectivity index (χ0n) is 12.6. The minimum Gasteiger partial charge on any atom is -0.365 e. The highest BCUT2D eigenvalue weighted by Crippen LogP contribution is 2.22. The second-order valence-electron chi connectivity index (χ2n) is 4.99. The van der Waals surface area contributed by atoms with Crippen molar-refractivity contribution in [3.63, 3.8) is 0 Å². The summed E-state index contributed by atoms with van der Waals surface area (Å²) in [6.07, 6.45) is 2.72. The molecule has 1 N–H and O–H groups in total. The minimum absolute atomic E-state index is 0.281. The monoisotopic (exact) mass is 260 g/mol. The topological polar surface area (TPSA) is 61.6 Å². The van der Waals surface area contributed by atoms with E-state index in [1.165, 1.54) is 0 Å². The molecule has 0 aromatic carbocycles. The standard InChI is InChI=1S/C15H24N4/c1-6-10(4)11(5)17-15-13(9-16)12(7-2)14(8-3)18-19-15/h10-11H,6-8H2,1-5H3,(H,17,19). The average Bonchev–Trinajstić information content (AvgIpc) is 2.45. The first kappa shape index (κ1) is 15.4. The van der Waals surface area contributed by atoms with Gasteiger partial charge in [0.15, 0.2) is 5.82 Å². The third kappa shape index (κ3) is 3.44. The number of anilines is 1. The lowest BCUT2D eigenvalue weighted by atomic mass is 9.99. The summed E-state index contributed by atoms with van der Waals surface area (Å²) in [4.78, 5) is 0. The molecule has 4 heteroatoms. The molecule has 0 amide bonds. The van der Waals surface area contributed by atoms with Gasteiger partial charge in [-0.25, -0.2) is 0 Å². The third-order valence-corrected chi connectivity index (χ3v) is 3.82. The van der Waals surface area contributed by atoms with Crippen molar-refractivity contribution < 1.29 is 0 Å². The van der Waals surface area contributed by atoms with Gasteiger partial charge in [0.05, 0.1) is 5.69 Å². The van der Waals surface area contributed by atoms with Crippen LogP contribution in [0, 0.1) is 17.2 Å². The Balaban J connectivity index is 3.12. The Labute approximate surface area is 116 Å². The molecule has 1 aromatic heterocycles. The van der Waals surface area contributed by atoms with E-state index in [0.717, 1.165) is 30.5 Å². The van der Waals surface area contributed by atoms with Crippen molar-refractivity contribution in [1.29, 1.82) is 5.26 Å². The van der Waals surface area contributed by atoms with Gasteiger partial charge in [-0.05, 0) is 31.2 Å². The summed E-state index contributed by atoms with van der Waals surface area (Å²) in [7, 11) is 0. The molecule has 0 radical (unpaired) electrons. The third-order valence-electron chi connectivity index (χ3n) is 3.82. The molecule has 0 saturated carbocycles. The molecule has 0 spiro atoms. The molecule has 19 heavy (non-hydrogen) atoms. The normalized spacial score (nSPS) is 13.7. The Bertz CT molecular complexity index is 462. The summed E-state index contributed by atoms with van der Waals surface area (Å²) in [6.45, 7) is 10.6. The summed E-state index contributed by atoms with van der Waals surface area (Å²) in [5.74, 6) is 1.16. The van der Waals surface area contributed by atoms with Crippen LogP contribution >= 0.6 is 0 Å². The SMILES string of the molecule is CCc1nnc(NC(C)C(C)CC)c(C#N)c1CC. The van der Waals surface area contributed by atoms with Crippen LogP contribution in [0.1, 0.15) is 57.9 Å². The first-order valence-corrected chi connectivity index (χ1v) is 7.13. The second kappa shape index (κ2) is 7.08. The first-order valence-electron chi connectivity index (χ1n) is 7.13. The number of aryl methyl sites for hydroxylation is 1. The highest BCUT2D eigenvalue weighted by atomic mass is 15.2. The lowest BCUT2D eigenvalue weighted by molar-refractivity contribution is 0.493. The van der Waals surface area contributed by atoms with E-state index in [9.17, 15) is 5.26 Å². The fourth-order valence-electron chi connectivity index (χ4n) is 2.11. The van der Waals surface area contributed by atoms with Gasteiger partial charge in [0, 0.05) is 6.04 Å². The maximum Gasteiger partial charge on any atom is 0.167 e. The molecule has 0 saturated heterocycles. The molecular weight excluding hydrogens is 236 g/mol. The molecule has 1 heterocycles. The van der Waals surface area contributed by atoms with Gasteiger partial charge in [0.1, 0.15) is 11.6 Å². The van der Waals surface area contributed by atoms with Gasteiger partial charge in [-0.1, -0.05) is 34.1 Å². The quantitative estimate of drug-likeness (QED) is 0.852. The van der Waals surface area contributed by atoms with Gasteiger partial charge < -0.3 is 5.32 Å². The number of hydrogen-bond acceptors (Lipinski definition) is 4. The Hall–Kier alpha value is -1.63. The van der Waals surface area contributed by atoms with Crippen LogP contribution in [0.5, 0.6) is 0 Å². The molecule has 0 fully saturated rings. The summed E-state index contributed by atoms with van der Waals surface area (Å²) in [6, 6.07) is 2.57. The van der Waals surface area contributed by atoms with E-state index in [1.807, 2.05) is 6.92 Å². The summed E-state index contributed by atoms with van der Waals surface area (Å²) in [5.41, 5.74) is 2.61. The Morgan fingerprint density at radius 2 is 1.84 bits per heavy atom. The van der Waals surface area contributed by atoms with Crippen molar-refractivity contribution >= 4 is 5.82 Å². The molecule has 104 valence electrons. The zero-order chi connectivity index (χ0) is 14.4. The van der Waals surface area contributed by atoms with Crippen LogP contribution in [0.25, 0.3) is 0 Å². The summed E-state index contributed by atoms with van der Waals surface area (Å²) in [5, 5.41) is 21.2. The number of aromatic nitrogens is 2. The van der Waals surface area contributed by atoms with Crippen molar-refractivity contribution in [3.8, 4) is 6.07 Å². The number of nitrogens with zero attached hydrogens (tertiary/aromatic N) is 3. The predicted molar refractivity (Wildman–Crippen MR) is 78.0 cm³/mol. The van der Waals surface area contributed by atoms with Crippen LogP contribution in [0.15, 0.2) is 0 Å². The fraction of sp³-hybridized carbons (Fsp3) is 0.667. The molecule has 0 bridgehead atoms. The van der Waals surface area contributed by atoms with E-state index >= 15 is 0 Å². The van der Waals surface area contributed by atoms with Crippen LogP contribution in [0.3, 0.4) is 0 Å². The van der Waals surface area contributed by atoms with Gasteiger partial charge in [0.2, 0.25) is 0 Å². The fourth-order valence-corrected chi connectivity index (χ4v) is 2.11. The van der Waals surface area contributed by atoms with E-state index in [0.29, 0.717) is 17.3 Å². The molecule has 2 unspecified atom stereocenters. The van der Waals surface area contributed by atoms with E-state index in [2.05, 4.69) is 49.3 Å². The first-order chi connectivity index (χ1) is 9.08. The number of rotatable bonds is 6. The van der Waals surface area contributed by atoms with E-state index < -0.39 is 0 Å². The number of nitriles is 1. The van der Waals surface area contributed by atoms with Crippen molar-refractivity contribution in [3.05, 3.63) is 16.8 Å². The molecule has 1 rings (SSSR count). The van der Waals surface area contributed by atoms with Crippen molar-refractivity contribution in [2.45, 2.75) is 59.9 Å². The summed E-state index contributed by atoms with van der Waals surface area (Å²) < 4.78 is 0. The highest BCUT2D eigenvalue weighted by molar-refractivity contribution is 5.56. The Morgan fingerprint density at radius 1 is 1.16 bits per heavy atom. The Morgan fingerprint density at radius 3 is 2.32 bits per heavy atom. The molecule has 4 nitrogen and oxygen atoms in total. The maximum atomic E-state index is 9.40. The van der Waals surface area contributed by atoms with E-state index in [4.69, 9.17) is 0 Å². The number of nitrogens with one attached hydrogen (secondary N) is 1. The lowest BCUT2D eigenvalue weighted by Gasteiger charge is -2.21. The van der Waals surface area contributed by atoms with Gasteiger partial charge in [-0.15, -0.1) is 5.10 Å². The smallest absolute Gasteiger partial charge is 0.167 e. The maximum absolute atomic E-state index is 9.40. The molecule has 0 aliphatic rings. The van der Waals surface area contributed by atoms with Crippen molar-refractivity contribution in [2.75, 3.05) is 5.32 Å². The largest absolute Gasteiger partial charge is 0.365 e. The van der Waals surface area contributed by atoms with Crippen molar-refractivity contribution in [1.82, 2.24) is 10.2 Å². The van der Waals surface area contributed by atoms with Gasteiger partial charge in [-0.2, -0.15) is 10.4 Å². The van der Waals surface area contributed by atoms with E-state index in [1.54, 1.807) is 0 Å². The van der Waals surface area contributed by atoms with Crippen LogP contribution in [0.4, 0.5) is 5.82 Å². The van der Waals surface area contributed by atoms with Crippen LogP contribution in [-0.2, 0) is 12.8 Å². The molecular formula is C15H24N4. The summed E-state index contributed by atoms with van der Waals surface area (Å²) >= 11 is 0. The van der Waals surface area contributed by atoms with Gasteiger partial charge in [0.25, 0.3) is 0 Å². The molecule has 1 aromatic rings. The van der Waals surface area contributed by atoms with Crippen LogP contribution < -0.4 is 5.32 Å². The molecule has 0 aliphatic carbocycles. The zero-order valence-corrected chi connectivity index (χ0v) is 12.6.